The van der Waals surface area contributed by atoms with Gasteiger partial charge in [-0.25, -0.2) is 0 Å². The largest absolute Gasteiger partial charge is 0.504 e. The first-order valence-electron chi connectivity index (χ1n) is 9.61. The maximum Gasteiger partial charge on any atom is 0.229 e. The molecule has 0 aliphatic carbocycles. The van der Waals surface area contributed by atoms with E-state index in [0.717, 1.165) is 0 Å². The Morgan fingerprint density at radius 3 is 2.45 bits per heavy atom. The average molecular weight is 434 g/mol. The molecule has 0 spiro atoms. The molecule has 2 aliphatic rings. The molecule has 0 radical (unpaired) electrons. The normalized spacial score (nSPS) is 30.4. The standard InChI is InChI=1S/C21H22O10/c22-8-17-18(26)19(27)20(28)21(31-17)29-10-2-3-11-13(24)7-15(30-16(11)6-10)9-1-4-12(23)14(25)5-9/h1-6,15,17-23,25-28H,7-8H2/t15-,17+,18-,19+,20-,21-/m1/s1. The first kappa shape index (κ1) is 21.3. The quantitative estimate of drug-likeness (QED) is 0.360. The van der Waals surface area contributed by atoms with Gasteiger partial charge in [0.05, 0.1) is 18.6 Å². The lowest BCUT2D eigenvalue weighted by molar-refractivity contribution is -0.277. The number of ether oxygens (including phenoxy) is 3. The number of aliphatic hydroxyl groups excluding tert-OH is 4. The summed E-state index contributed by atoms with van der Waals surface area (Å²) in [4.78, 5) is 12.5. The van der Waals surface area contributed by atoms with Crippen molar-refractivity contribution in [1.82, 2.24) is 0 Å². The van der Waals surface area contributed by atoms with Gasteiger partial charge in [-0.05, 0) is 29.8 Å². The van der Waals surface area contributed by atoms with Gasteiger partial charge in [-0.1, -0.05) is 6.07 Å². The maximum absolute atomic E-state index is 12.5. The minimum absolute atomic E-state index is 0.0319. The molecule has 0 aromatic heterocycles. The van der Waals surface area contributed by atoms with E-state index in [9.17, 15) is 35.4 Å². The number of Topliss-reactive ketones (excluding diaryl/α,β-unsaturated/α-hetero) is 1. The number of aliphatic hydroxyl groups is 4. The molecule has 2 heterocycles. The van der Waals surface area contributed by atoms with E-state index >= 15 is 0 Å². The third-order valence-electron chi connectivity index (χ3n) is 5.37. The van der Waals surface area contributed by atoms with Crippen LogP contribution < -0.4 is 9.47 Å². The summed E-state index contributed by atoms with van der Waals surface area (Å²) < 4.78 is 16.8. The summed E-state index contributed by atoms with van der Waals surface area (Å²) in [6.07, 6.45) is -7.84. The van der Waals surface area contributed by atoms with Gasteiger partial charge in [0.25, 0.3) is 0 Å². The molecule has 4 rings (SSSR count). The molecule has 0 unspecified atom stereocenters. The second kappa shape index (κ2) is 8.33. The summed E-state index contributed by atoms with van der Waals surface area (Å²) in [5.74, 6) is -0.459. The van der Waals surface area contributed by atoms with Crippen LogP contribution in [-0.2, 0) is 4.74 Å². The van der Waals surface area contributed by atoms with Gasteiger partial charge in [0.15, 0.2) is 17.3 Å². The lowest BCUT2D eigenvalue weighted by atomic mass is 9.96. The number of hydrogen-bond donors (Lipinski definition) is 6. The molecule has 1 saturated heterocycles. The number of benzene rings is 2. The van der Waals surface area contributed by atoms with Crippen LogP contribution in [0.15, 0.2) is 36.4 Å². The molecule has 1 fully saturated rings. The minimum atomic E-state index is -1.59. The van der Waals surface area contributed by atoms with Crippen molar-refractivity contribution < 1.29 is 49.6 Å². The first-order chi connectivity index (χ1) is 14.8. The van der Waals surface area contributed by atoms with Gasteiger partial charge < -0.3 is 44.8 Å². The van der Waals surface area contributed by atoms with Gasteiger partial charge in [0.2, 0.25) is 6.29 Å². The fourth-order valence-electron chi connectivity index (χ4n) is 3.60. The SMILES string of the molecule is O=C1C[C@H](c2ccc(O)c(O)c2)Oc2cc(O[C@@H]3O[C@@H](CO)[C@@H](O)[C@H](O)[C@H]3O)ccc21. The second-order valence-electron chi connectivity index (χ2n) is 7.46. The monoisotopic (exact) mass is 434 g/mol. The van der Waals surface area contributed by atoms with Gasteiger partial charge >= 0.3 is 0 Å². The van der Waals surface area contributed by atoms with Crippen LogP contribution in [0, 0.1) is 0 Å². The van der Waals surface area contributed by atoms with Crippen LogP contribution >= 0.6 is 0 Å². The summed E-state index contributed by atoms with van der Waals surface area (Å²) in [6, 6.07) is 8.52. The van der Waals surface area contributed by atoms with E-state index in [4.69, 9.17) is 14.2 Å². The molecular weight excluding hydrogens is 412 g/mol. The molecule has 0 bridgehead atoms. The number of hydrogen-bond acceptors (Lipinski definition) is 10. The molecule has 0 saturated carbocycles. The number of rotatable bonds is 4. The predicted molar refractivity (Wildman–Crippen MR) is 103 cm³/mol. The van der Waals surface area contributed by atoms with Crippen molar-refractivity contribution in [1.29, 1.82) is 0 Å². The van der Waals surface area contributed by atoms with Crippen LogP contribution in [-0.4, -0.2) is 73.7 Å². The van der Waals surface area contributed by atoms with Crippen molar-refractivity contribution >= 4 is 5.78 Å². The van der Waals surface area contributed by atoms with Crippen LogP contribution in [0.2, 0.25) is 0 Å². The summed E-state index contributed by atoms with van der Waals surface area (Å²) in [6.45, 7) is -0.590. The van der Waals surface area contributed by atoms with Crippen LogP contribution in [0.1, 0.15) is 28.4 Å². The highest BCUT2D eigenvalue weighted by Gasteiger charge is 2.44. The topological polar surface area (TPSA) is 166 Å². The van der Waals surface area contributed by atoms with Gasteiger partial charge in [-0.2, -0.15) is 0 Å². The molecule has 2 aromatic carbocycles. The van der Waals surface area contributed by atoms with Crippen molar-refractivity contribution in [2.75, 3.05) is 6.61 Å². The van der Waals surface area contributed by atoms with Crippen LogP contribution in [0.25, 0.3) is 0 Å². The molecular formula is C21H22O10. The van der Waals surface area contributed by atoms with E-state index in [1.807, 2.05) is 0 Å². The molecule has 10 nitrogen and oxygen atoms in total. The highest BCUT2D eigenvalue weighted by molar-refractivity contribution is 6.00. The second-order valence-corrected chi connectivity index (χ2v) is 7.46. The average Bonchev–Trinajstić information content (AvgIpc) is 2.75. The van der Waals surface area contributed by atoms with Crippen molar-refractivity contribution in [3.63, 3.8) is 0 Å². The van der Waals surface area contributed by atoms with E-state index in [0.29, 0.717) is 11.1 Å². The van der Waals surface area contributed by atoms with Gasteiger partial charge in [-0.3, -0.25) is 4.79 Å². The lowest BCUT2D eigenvalue weighted by Crippen LogP contribution is -2.60. The lowest BCUT2D eigenvalue weighted by Gasteiger charge is -2.39. The zero-order valence-corrected chi connectivity index (χ0v) is 16.2. The van der Waals surface area contributed by atoms with Crippen molar-refractivity contribution in [3.8, 4) is 23.0 Å². The fraction of sp³-hybridized carbons (Fsp3) is 0.381. The minimum Gasteiger partial charge on any atom is -0.504 e. The third kappa shape index (κ3) is 4.03. The Kier molecular flexibility index (Phi) is 5.73. The molecule has 2 aliphatic heterocycles. The van der Waals surface area contributed by atoms with E-state index in [1.165, 1.54) is 36.4 Å². The van der Waals surface area contributed by atoms with Crippen molar-refractivity contribution in [2.45, 2.75) is 43.2 Å². The Morgan fingerprint density at radius 1 is 0.968 bits per heavy atom. The van der Waals surface area contributed by atoms with Gasteiger partial charge in [-0.15, -0.1) is 0 Å². The number of phenolic OH excluding ortho intramolecular Hbond substituents is 2. The van der Waals surface area contributed by atoms with Gasteiger partial charge in [0.1, 0.15) is 42.0 Å². The molecule has 2 aromatic rings. The van der Waals surface area contributed by atoms with Crippen molar-refractivity contribution in [2.24, 2.45) is 0 Å². The number of ketones is 1. The number of aromatic hydroxyl groups is 2. The molecule has 6 atom stereocenters. The summed E-state index contributed by atoms with van der Waals surface area (Å²) in [7, 11) is 0. The Bertz CT molecular complexity index is 975. The number of phenols is 2. The summed E-state index contributed by atoms with van der Waals surface area (Å²) >= 11 is 0. The van der Waals surface area contributed by atoms with Gasteiger partial charge in [0, 0.05) is 6.07 Å². The summed E-state index contributed by atoms with van der Waals surface area (Å²) in [5, 5.41) is 58.4. The van der Waals surface area contributed by atoms with E-state index in [1.54, 1.807) is 0 Å². The number of fused-ring (bicyclic) bond motifs is 1. The Labute approximate surface area is 176 Å². The van der Waals surface area contributed by atoms with Crippen LogP contribution in [0.4, 0.5) is 0 Å². The van der Waals surface area contributed by atoms with Crippen molar-refractivity contribution in [3.05, 3.63) is 47.5 Å². The zero-order chi connectivity index (χ0) is 22.3. The number of carbonyl (C=O) groups excluding carboxylic acids is 1. The predicted octanol–water partition coefficient (Wildman–Crippen LogP) is -0.0170. The van der Waals surface area contributed by atoms with Crippen LogP contribution in [0.5, 0.6) is 23.0 Å². The Hall–Kier alpha value is -2.89. The van der Waals surface area contributed by atoms with E-state index in [-0.39, 0.29) is 35.2 Å². The highest BCUT2D eigenvalue weighted by Crippen LogP contribution is 2.39. The highest BCUT2D eigenvalue weighted by atomic mass is 16.7. The van der Waals surface area contributed by atoms with Crippen LogP contribution in [0.3, 0.4) is 0 Å². The molecule has 0 amide bonds. The summed E-state index contributed by atoms with van der Waals surface area (Å²) in [5.41, 5.74) is 0.815. The fourth-order valence-corrected chi connectivity index (χ4v) is 3.60. The smallest absolute Gasteiger partial charge is 0.229 e. The number of carbonyl (C=O) groups is 1. The molecule has 6 N–H and O–H groups in total. The molecule has 166 valence electrons. The Morgan fingerprint density at radius 2 is 1.74 bits per heavy atom. The Balaban J connectivity index is 1.55. The molecule has 31 heavy (non-hydrogen) atoms. The molecule has 10 heteroatoms. The first-order valence-corrected chi connectivity index (χ1v) is 9.61. The third-order valence-corrected chi connectivity index (χ3v) is 5.37. The maximum atomic E-state index is 12.5. The van der Waals surface area contributed by atoms with E-state index < -0.39 is 43.4 Å². The zero-order valence-electron chi connectivity index (χ0n) is 16.2. The van der Waals surface area contributed by atoms with E-state index in [2.05, 4.69) is 0 Å².